The lowest BCUT2D eigenvalue weighted by Gasteiger charge is -2.16. The normalized spacial score (nSPS) is 17.7. The maximum absolute atomic E-state index is 13.1. The quantitative estimate of drug-likeness (QED) is 0.732. The molecule has 15 heavy (non-hydrogen) atoms. The van der Waals surface area contributed by atoms with E-state index in [1.54, 1.807) is 6.07 Å². The minimum atomic E-state index is -0.116. The Balaban J connectivity index is 2.02. The van der Waals surface area contributed by atoms with Crippen LogP contribution in [0.2, 0.25) is 0 Å². The third kappa shape index (κ3) is 2.37. The molecule has 2 heteroatoms. The molecule has 1 aliphatic carbocycles. The van der Waals surface area contributed by atoms with Gasteiger partial charge in [-0.15, -0.1) is 0 Å². The lowest BCUT2D eigenvalue weighted by atomic mass is 9.96. The molecular weight excluding hydrogens is 189 g/mol. The molecule has 0 atom stereocenters. The highest BCUT2D eigenvalue weighted by Crippen LogP contribution is 2.47. The predicted octanol–water partition coefficient (Wildman–Crippen LogP) is 2.86. The molecule has 1 aromatic rings. The summed E-state index contributed by atoms with van der Waals surface area (Å²) in [4.78, 5) is 0. The Morgan fingerprint density at radius 3 is 2.80 bits per heavy atom. The topological polar surface area (TPSA) is 12.0 Å². The third-order valence-electron chi connectivity index (χ3n) is 3.18. The third-order valence-corrected chi connectivity index (χ3v) is 3.18. The molecule has 0 saturated heterocycles. The Morgan fingerprint density at radius 1 is 1.40 bits per heavy atom. The van der Waals surface area contributed by atoms with Gasteiger partial charge in [-0.1, -0.05) is 19.1 Å². The molecule has 1 aromatic carbocycles. The van der Waals surface area contributed by atoms with Gasteiger partial charge in [-0.3, -0.25) is 0 Å². The van der Waals surface area contributed by atoms with Crippen molar-refractivity contribution in [2.45, 2.75) is 31.6 Å². The summed E-state index contributed by atoms with van der Waals surface area (Å²) in [6.07, 6.45) is 3.53. The largest absolute Gasteiger partial charge is 0.316 e. The number of benzene rings is 1. The summed E-state index contributed by atoms with van der Waals surface area (Å²) in [6.45, 7) is 4.20. The van der Waals surface area contributed by atoms with Crippen LogP contribution in [-0.2, 0) is 5.41 Å². The maximum Gasteiger partial charge on any atom is 0.123 e. The van der Waals surface area contributed by atoms with E-state index in [-0.39, 0.29) is 11.2 Å². The molecule has 0 aromatic heterocycles. The minimum absolute atomic E-state index is 0.116. The number of nitrogens with one attached hydrogen (secondary N) is 1. The zero-order valence-electron chi connectivity index (χ0n) is 9.22. The van der Waals surface area contributed by atoms with Gasteiger partial charge in [-0.05, 0) is 43.5 Å². The van der Waals surface area contributed by atoms with Crippen molar-refractivity contribution in [3.63, 3.8) is 0 Å². The molecule has 0 spiro atoms. The van der Waals surface area contributed by atoms with E-state index in [0.717, 1.165) is 25.1 Å². The second-order valence-electron chi connectivity index (χ2n) is 4.47. The smallest absolute Gasteiger partial charge is 0.123 e. The summed E-state index contributed by atoms with van der Waals surface area (Å²) in [7, 11) is 0. The van der Waals surface area contributed by atoms with Crippen molar-refractivity contribution in [2.24, 2.45) is 0 Å². The van der Waals surface area contributed by atoms with Gasteiger partial charge in [0, 0.05) is 12.0 Å². The van der Waals surface area contributed by atoms with Crippen molar-refractivity contribution >= 4 is 0 Å². The Bertz CT molecular complexity index is 331. The zero-order valence-corrected chi connectivity index (χ0v) is 9.22. The highest BCUT2D eigenvalue weighted by molar-refractivity contribution is 5.32. The second kappa shape index (κ2) is 4.31. The first kappa shape index (κ1) is 10.6. The van der Waals surface area contributed by atoms with Crippen LogP contribution < -0.4 is 5.32 Å². The van der Waals surface area contributed by atoms with Crippen LogP contribution in [0.15, 0.2) is 24.3 Å². The highest BCUT2D eigenvalue weighted by Gasteiger charge is 2.43. The lowest BCUT2D eigenvalue weighted by Crippen LogP contribution is -2.27. The lowest BCUT2D eigenvalue weighted by molar-refractivity contribution is 0.563. The molecule has 1 saturated carbocycles. The van der Waals surface area contributed by atoms with Crippen molar-refractivity contribution in [3.8, 4) is 0 Å². The molecular formula is C13H18FN. The minimum Gasteiger partial charge on any atom is -0.316 e. The summed E-state index contributed by atoms with van der Waals surface area (Å²) < 4.78 is 13.1. The Kier molecular flexibility index (Phi) is 3.06. The first-order valence-corrected chi connectivity index (χ1v) is 5.74. The summed E-state index contributed by atoms with van der Waals surface area (Å²) >= 11 is 0. The molecule has 0 heterocycles. The highest BCUT2D eigenvalue weighted by atomic mass is 19.1. The van der Waals surface area contributed by atoms with Gasteiger partial charge in [0.2, 0.25) is 0 Å². The van der Waals surface area contributed by atoms with Gasteiger partial charge in [0.05, 0.1) is 0 Å². The molecule has 1 aliphatic rings. The van der Waals surface area contributed by atoms with Gasteiger partial charge in [0.25, 0.3) is 0 Å². The van der Waals surface area contributed by atoms with Crippen molar-refractivity contribution in [1.82, 2.24) is 5.32 Å². The molecule has 0 amide bonds. The number of rotatable bonds is 5. The Hall–Kier alpha value is -0.890. The van der Waals surface area contributed by atoms with Crippen LogP contribution in [-0.4, -0.2) is 13.1 Å². The van der Waals surface area contributed by atoms with Crippen molar-refractivity contribution in [2.75, 3.05) is 13.1 Å². The van der Waals surface area contributed by atoms with Gasteiger partial charge in [-0.2, -0.15) is 0 Å². The van der Waals surface area contributed by atoms with Gasteiger partial charge in [-0.25, -0.2) is 4.39 Å². The van der Waals surface area contributed by atoms with Crippen LogP contribution in [0.3, 0.4) is 0 Å². The van der Waals surface area contributed by atoms with E-state index in [4.69, 9.17) is 0 Å². The SMILES string of the molecule is CCCNCC1(c2cccc(F)c2)CC1. The van der Waals surface area contributed by atoms with Gasteiger partial charge in [0.1, 0.15) is 5.82 Å². The monoisotopic (exact) mass is 207 g/mol. The fraction of sp³-hybridized carbons (Fsp3) is 0.538. The molecule has 1 N–H and O–H groups in total. The Morgan fingerprint density at radius 2 is 2.20 bits per heavy atom. The van der Waals surface area contributed by atoms with Crippen LogP contribution >= 0.6 is 0 Å². The average molecular weight is 207 g/mol. The van der Waals surface area contributed by atoms with E-state index in [1.165, 1.54) is 18.9 Å². The fourth-order valence-electron chi connectivity index (χ4n) is 2.04. The van der Waals surface area contributed by atoms with E-state index >= 15 is 0 Å². The van der Waals surface area contributed by atoms with Crippen molar-refractivity contribution in [1.29, 1.82) is 0 Å². The number of hydrogen-bond acceptors (Lipinski definition) is 1. The van der Waals surface area contributed by atoms with Crippen molar-refractivity contribution < 1.29 is 4.39 Å². The van der Waals surface area contributed by atoms with E-state index in [0.29, 0.717) is 0 Å². The molecule has 1 fully saturated rings. The average Bonchev–Trinajstić information content (AvgIpc) is 3.00. The van der Waals surface area contributed by atoms with Crippen LogP contribution in [0.5, 0.6) is 0 Å². The first-order valence-electron chi connectivity index (χ1n) is 5.74. The molecule has 0 aliphatic heterocycles. The number of hydrogen-bond donors (Lipinski definition) is 1. The van der Waals surface area contributed by atoms with E-state index in [1.807, 2.05) is 12.1 Å². The van der Waals surface area contributed by atoms with E-state index in [9.17, 15) is 4.39 Å². The zero-order chi connectivity index (χ0) is 10.7. The first-order chi connectivity index (χ1) is 7.27. The molecule has 0 radical (unpaired) electrons. The summed E-state index contributed by atoms with van der Waals surface area (Å²) in [5, 5.41) is 3.43. The van der Waals surface area contributed by atoms with Crippen molar-refractivity contribution in [3.05, 3.63) is 35.6 Å². The summed E-state index contributed by atoms with van der Waals surface area (Å²) in [5.74, 6) is -0.116. The van der Waals surface area contributed by atoms with E-state index < -0.39 is 0 Å². The predicted molar refractivity (Wildman–Crippen MR) is 60.5 cm³/mol. The van der Waals surface area contributed by atoms with Gasteiger partial charge >= 0.3 is 0 Å². The number of halogens is 1. The van der Waals surface area contributed by atoms with Crippen LogP contribution in [0.4, 0.5) is 4.39 Å². The standard InChI is InChI=1S/C13H18FN/c1-2-8-15-10-13(6-7-13)11-4-3-5-12(14)9-11/h3-5,9,15H,2,6-8,10H2,1H3. The van der Waals surface area contributed by atoms with Gasteiger partial charge in [0.15, 0.2) is 0 Å². The second-order valence-corrected chi connectivity index (χ2v) is 4.47. The molecule has 82 valence electrons. The Labute approximate surface area is 90.7 Å². The fourth-order valence-corrected chi connectivity index (χ4v) is 2.04. The van der Waals surface area contributed by atoms with Gasteiger partial charge < -0.3 is 5.32 Å². The molecule has 0 bridgehead atoms. The van der Waals surface area contributed by atoms with E-state index in [2.05, 4.69) is 12.2 Å². The molecule has 1 nitrogen and oxygen atoms in total. The maximum atomic E-state index is 13.1. The summed E-state index contributed by atoms with van der Waals surface area (Å²) in [5.41, 5.74) is 1.39. The van der Waals surface area contributed by atoms with Crippen LogP contribution in [0, 0.1) is 5.82 Å². The van der Waals surface area contributed by atoms with Crippen LogP contribution in [0.25, 0.3) is 0 Å². The molecule has 0 unspecified atom stereocenters. The molecule has 2 rings (SSSR count). The van der Waals surface area contributed by atoms with Crippen LogP contribution in [0.1, 0.15) is 31.7 Å². The summed E-state index contributed by atoms with van der Waals surface area (Å²) in [6, 6.07) is 7.05.